The molecule has 0 fully saturated rings. The van der Waals surface area contributed by atoms with Gasteiger partial charge in [-0.25, -0.2) is 8.42 Å². The molecular weight excluding hydrogens is 466 g/mol. The number of nitrogens with two attached hydrogens (primary N) is 1. The first-order valence-electron chi connectivity index (χ1n) is 10.7. The highest BCUT2D eigenvalue weighted by atomic mass is 32.2. The van der Waals surface area contributed by atoms with E-state index in [0.717, 1.165) is 6.42 Å². The zero-order valence-electron chi connectivity index (χ0n) is 18.2. The molecule has 2 aliphatic heterocycles. The van der Waals surface area contributed by atoms with Crippen molar-refractivity contribution >= 4 is 27.5 Å². The van der Waals surface area contributed by atoms with E-state index in [1.807, 2.05) is 0 Å². The molecule has 2 aromatic carbocycles. The van der Waals surface area contributed by atoms with Crippen molar-refractivity contribution in [2.24, 2.45) is 5.73 Å². The minimum atomic E-state index is -4.14. The molecule has 0 aromatic heterocycles. The fourth-order valence-electron chi connectivity index (χ4n) is 3.45. The molecule has 11 nitrogen and oxygen atoms in total. The third kappa shape index (κ3) is 5.69. The van der Waals surface area contributed by atoms with E-state index in [4.69, 9.17) is 24.7 Å². The van der Waals surface area contributed by atoms with Crippen molar-refractivity contribution in [3.8, 4) is 23.0 Å². The number of nitrogens with one attached hydrogen (secondary N) is 2. The summed E-state index contributed by atoms with van der Waals surface area (Å²) in [5.41, 5.74) is 5.61. The number of hydrogen-bond acceptors (Lipinski definition) is 8. The summed E-state index contributed by atoms with van der Waals surface area (Å²) in [6.45, 7) is 1.66. The van der Waals surface area contributed by atoms with Crippen LogP contribution in [0.1, 0.15) is 19.3 Å². The van der Waals surface area contributed by atoms with Gasteiger partial charge in [-0.3, -0.25) is 9.59 Å². The van der Waals surface area contributed by atoms with Gasteiger partial charge in [0.25, 0.3) is 0 Å². The van der Waals surface area contributed by atoms with Crippen LogP contribution in [0.25, 0.3) is 0 Å². The number of carbonyl (C=O) groups excluding carboxylic acids is 2. The van der Waals surface area contributed by atoms with Crippen LogP contribution in [0, 0.1) is 0 Å². The van der Waals surface area contributed by atoms with E-state index >= 15 is 0 Å². The first-order chi connectivity index (χ1) is 16.3. The molecule has 2 aromatic rings. The van der Waals surface area contributed by atoms with Gasteiger partial charge in [0, 0.05) is 30.7 Å². The van der Waals surface area contributed by atoms with Gasteiger partial charge < -0.3 is 30.0 Å². The average Bonchev–Trinajstić information content (AvgIpc) is 3.06. The molecule has 0 aliphatic carbocycles. The Labute approximate surface area is 196 Å². The van der Waals surface area contributed by atoms with Gasteiger partial charge in [0.15, 0.2) is 23.0 Å². The maximum atomic E-state index is 13.0. The predicted octanol–water partition coefficient (Wildman–Crippen LogP) is 1.17. The standard InChI is InChI=1S/C22H25N3O8S/c23-21(26)7-4-16(22(27)24-14-2-5-17-19(12-14)31-9-1-8-30-17)25-34(28,29)15-3-6-18-20(13-15)33-11-10-32-18/h2-3,5-6,12-13,16,25H,1,4,7-11H2,(H2,23,26)(H,24,27)/t16-/m1/s1. The maximum Gasteiger partial charge on any atom is 0.242 e. The fraction of sp³-hybridized carbons (Fsp3) is 0.364. The summed E-state index contributed by atoms with van der Waals surface area (Å²) in [6.07, 6.45) is 0.408. The number of carbonyl (C=O) groups is 2. The Morgan fingerprint density at radius 2 is 1.50 bits per heavy atom. The summed E-state index contributed by atoms with van der Waals surface area (Å²) in [5.74, 6) is 0.437. The van der Waals surface area contributed by atoms with Gasteiger partial charge >= 0.3 is 0 Å². The first-order valence-corrected chi connectivity index (χ1v) is 12.2. The quantitative estimate of drug-likeness (QED) is 0.497. The number of hydrogen-bond donors (Lipinski definition) is 3. The highest BCUT2D eigenvalue weighted by Gasteiger charge is 2.28. The molecule has 2 amide bonds. The Bertz CT molecular complexity index is 1180. The zero-order chi connectivity index (χ0) is 24.1. The highest BCUT2D eigenvalue weighted by molar-refractivity contribution is 7.89. The van der Waals surface area contributed by atoms with E-state index in [9.17, 15) is 18.0 Å². The van der Waals surface area contributed by atoms with Crippen LogP contribution in [0.3, 0.4) is 0 Å². The largest absolute Gasteiger partial charge is 0.490 e. The molecule has 12 heteroatoms. The molecule has 34 heavy (non-hydrogen) atoms. The van der Waals surface area contributed by atoms with Crippen molar-refractivity contribution in [3.05, 3.63) is 36.4 Å². The number of fused-ring (bicyclic) bond motifs is 2. The summed E-state index contributed by atoms with van der Waals surface area (Å²) >= 11 is 0. The van der Waals surface area contributed by atoms with Gasteiger partial charge in [-0.05, 0) is 30.7 Å². The molecule has 4 rings (SSSR count). The monoisotopic (exact) mass is 491 g/mol. The van der Waals surface area contributed by atoms with Crippen molar-refractivity contribution in [1.82, 2.24) is 4.72 Å². The molecule has 1 atom stereocenters. The Balaban J connectivity index is 1.52. The minimum absolute atomic E-state index is 0.107. The molecule has 2 aliphatic rings. The fourth-order valence-corrected chi connectivity index (χ4v) is 4.69. The molecule has 0 saturated carbocycles. The first kappa shape index (κ1) is 23.6. The van der Waals surface area contributed by atoms with Gasteiger partial charge in [-0.15, -0.1) is 0 Å². The van der Waals surface area contributed by atoms with Gasteiger partial charge in [-0.2, -0.15) is 4.72 Å². The number of ether oxygens (including phenoxy) is 4. The van der Waals surface area contributed by atoms with Crippen molar-refractivity contribution in [3.63, 3.8) is 0 Å². The maximum absolute atomic E-state index is 13.0. The second kappa shape index (κ2) is 10.2. The van der Waals surface area contributed by atoms with Crippen molar-refractivity contribution in [1.29, 1.82) is 0 Å². The molecule has 182 valence electrons. The second-order valence-electron chi connectivity index (χ2n) is 7.69. The van der Waals surface area contributed by atoms with Gasteiger partial charge in [0.05, 0.1) is 18.1 Å². The van der Waals surface area contributed by atoms with Crippen molar-refractivity contribution < 1.29 is 37.0 Å². The van der Waals surface area contributed by atoms with Gasteiger partial charge in [0.2, 0.25) is 21.8 Å². The number of benzene rings is 2. The smallest absolute Gasteiger partial charge is 0.242 e. The molecule has 2 heterocycles. The minimum Gasteiger partial charge on any atom is -0.490 e. The lowest BCUT2D eigenvalue weighted by Crippen LogP contribution is -2.44. The molecule has 0 spiro atoms. The lowest BCUT2D eigenvalue weighted by Gasteiger charge is -2.21. The van der Waals surface area contributed by atoms with E-state index in [0.29, 0.717) is 55.1 Å². The lowest BCUT2D eigenvalue weighted by atomic mass is 10.1. The number of rotatable bonds is 8. The summed E-state index contributed by atoms with van der Waals surface area (Å²) in [4.78, 5) is 24.2. The number of amides is 2. The molecule has 0 radical (unpaired) electrons. The molecule has 0 saturated heterocycles. The van der Waals surface area contributed by atoms with Crippen LogP contribution in [0.4, 0.5) is 5.69 Å². The molecular formula is C22H25N3O8S. The highest BCUT2D eigenvalue weighted by Crippen LogP contribution is 2.33. The van der Waals surface area contributed by atoms with Crippen LogP contribution in [-0.4, -0.2) is 52.7 Å². The zero-order valence-corrected chi connectivity index (χ0v) is 19.1. The Hall–Kier alpha value is -3.51. The van der Waals surface area contributed by atoms with Crippen molar-refractivity contribution in [2.75, 3.05) is 31.7 Å². The number of sulfonamides is 1. The Kier molecular flexibility index (Phi) is 7.08. The van der Waals surface area contributed by atoms with Crippen LogP contribution in [-0.2, 0) is 19.6 Å². The third-order valence-electron chi connectivity index (χ3n) is 5.13. The van der Waals surface area contributed by atoms with Crippen LogP contribution in [0.5, 0.6) is 23.0 Å². The van der Waals surface area contributed by atoms with Gasteiger partial charge in [0.1, 0.15) is 19.3 Å². The SMILES string of the molecule is NC(=O)CC[C@@H](NS(=O)(=O)c1ccc2c(c1)OCCO2)C(=O)Nc1ccc2c(c1)OCCCO2. The van der Waals surface area contributed by atoms with Gasteiger partial charge in [-0.1, -0.05) is 0 Å². The molecule has 4 N–H and O–H groups in total. The summed E-state index contributed by atoms with van der Waals surface area (Å²) in [7, 11) is -4.14. The summed E-state index contributed by atoms with van der Waals surface area (Å²) in [5, 5.41) is 2.66. The second-order valence-corrected chi connectivity index (χ2v) is 9.40. The topological polar surface area (TPSA) is 155 Å². The lowest BCUT2D eigenvalue weighted by molar-refractivity contribution is -0.119. The predicted molar refractivity (Wildman–Crippen MR) is 121 cm³/mol. The number of primary amides is 1. The average molecular weight is 492 g/mol. The normalized spacial score (nSPS) is 15.6. The van der Waals surface area contributed by atoms with Crippen LogP contribution in [0.15, 0.2) is 41.3 Å². The Morgan fingerprint density at radius 1 is 0.882 bits per heavy atom. The summed E-state index contributed by atoms with van der Waals surface area (Å²) in [6, 6.07) is 7.77. The van der Waals surface area contributed by atoms with E-state index in [1.54, 1.807) is 18.2 Å². The number of anilines is 1. The van der Waals surface area contributed by atoms with E-state index in [1.165, 1.54) is 18.2 Å². The van der Waals surface area contributed by atoms with E-state index < -0.39 is 27.9 Å². The summed E-state index contributed by atoms with van der Waals surface area (Å²) < 4.78 is 50.5. The molecule has 0 unspecified atom stereocenters. The Morgan fingerprint density at radius 3 is 2.24 bits per heavy atom. The van der Waals surface area contributed by atoms with E-state index in [-0.39, 0.29) is 17.7 Å². The third-order valence-corrected chi connectivity index (χ3v) is 6.60. The van der Waals surface area contributed by atoms with E-state index in [2.05, 4.69) is 10.0 Å². The van der Waals surface area contributed by atoms with Crippen LogP contribution < -0.4 is 34.7 Å². The molecule has 0 bridgehead atoms. The van der Waals surface area contributed by atoms with Crippen molar-refractivity contribution in [2.45, 2.75) is 30.2 Å². The van der Waals surface area contributed by atoms with Crippen LogP contribution >= 0.6 is 0 Å². The van der Waals surface area contributed by atoms with Crippen LogP contribution in [0.2, 0.25) is 0 Å².